The van der Waals surface area contributed by atoms with Gasteiger partial charge in [-0.1, -0.05) is 47.1 Å². The minimum absolute atomic E-state index is 0.00441. The van der Waals surface area contributed by atoms with Gasteiger partial charge in [0, 0.05) is 23.1 Å². The second-order valence-electron chi connectivity index (χ2n) is 6.57. The molecule has 2 aromatic carbocycles. The molecule has 2 aromatic rings. The first-order chi connectivity index (χ1) is 12.6. The number of carbonyl (C=O) groups excluding carboxylic acids is 2. The summed E-state index contributed by atoms with van der Waals surface area (Å²) in [6.07, 6.45) is 2.71. The van der Waals surface area contributed by atoms with Gasteiger partial charge in [-0.2, -0.15) is 0 Å². The van der Waals surface area contributed by atoms with Crippen molar-refractivity contribution in [1.82, 2.24) is 5.32 Å². The summed E-state index contributed by atoms with van der Waals surface area (Å²) in [4.78, 5) is 26.0. The summed E-state index contributed by atoms with van der Waals surface area (Å²) in [6.45, 7) is 2.85. The lowest BCUT2D eigenvalue weighted by atomic mass is 10.0. The van der Waals surface area contributed by atoms with Crippen LogP contribution in [0.5, 0.6) is 0 Å². The summed E-state index contributed by atoms with van der Waals surface area (Å²) < 4.78 is 1.03. The fraction of sp³-hybridized carbons (Fsp3) is 0.333. The van der Waals surface area contributed by atoms with Gasteiger partial charge >= 0.3 is 0 Å². The van der Waals surface area contributed by atoms with E-state index in [9.17, 15) is 9.59 Å². The summed E-state index contributed by atoms with van der Waals surface area (Å²) in [5.74, 6) is 0.181. The Morgan fingerprint density at radius 2 is 1.85 bits per heavy atom. The Labute approximate surface area is 162 Å². The molecule has 0 bridgehead atoms. The maximum Gasteiger partial charge on any atom is 0.227 e. The Morgan fingerprint density at radius 1 is 1.15 bits per heavy atom. The smallest absolute Gasteiger partial charge is 0.227 e. The van der Waals surface area contributed by atoms with Crippen LogP contribution >= 0.6 is 15.9 Å². The molecule has 1 heterocycles. The molecule has 5 heteroatoms. The summed E-state index contributed by atoms with van der Waals surface area (Å²) in [7, 11) is 0. The summed E-state index contributed by atoms with van der Waals surface area (Å²) in [5.41, 5.74) is 2.97. The van der Waals surface area contributed by atoms with Crippen LogP contribution in [0.25, 0.3) is 0 Å². The molecule has 2 amide bonds. The zero-order valence-electron chi connectivity index (χ0n) is 14.9. The minimum atomic E-state index is 0.00441. The van der Waals surface area contributed by atoms with Gasteiger partial charge in [-0.3, -0.25) is 9.59 Å². The van der Waals surface area contributed by atoms with Crippen molar-refractivity contribution >= 4 is 33.4 Å². The Hall–Kier alpha value is -2.14. The molecule has 1 aliphatic rings. The lowest BCUT2D eigenvalue weighted by molar-refractivity contribution is -0.121. The van der Waals surface area contributed by atoms with E-state index in [4.69, 9.17) is 0 Å². The van der Waals surface area contributed by atoms with Gasteiger partial charge in [0.05, 0.1) is 12.5 Å². The van der Waals surface area contributed by atoms with E-state index < -0.39 is 0 Å². The second kappa shape index (κ2) is 8.49. The lowest BCUT2D eigenvalue weighted by Crippen LogP contribution is -2.29. The van der Waals surface area contributed by atoms with Crippen molar-refractivity contribution in [1.29, 1.82) is 0 Å². The van der Waals surface area contributed by atoms with Crippen molar-refractivity contribution < 1.29 is 9.59 Å². The van der Waals surface area contributed by atoms with E-state index in [1.54, 1.807) is 0 Å². The van der Waals surface area contributed by atoms with Gasteiger partial charge in [0.15, 0.2) is 0 Å². The van der Waals surface area contributed by atoms with E-state index in [2.05, 4.69) is 28.2 Å². The quantitative estimate of drug-likeness (QED) is 0.761. The normalized spacial score (nSPS) is 15.2. The molecular formula is C21H23BrN2O2. The number of nitrogens with zero attached hydrogens (tertiary/aromatic N) is 1. The van der Waals surface area contributed by atoms with Gasteiger partial charge in [0.2, 0.25) is 11.8 Å². The number of halogens is 1. The minimum Gasteiger partial charge on any atom is -0.349 e. The third kappa shape index (κ3) is 4.52. The van der Waals surface area contributed by atoms with Crippen LogP contribution in [0, 0.1) is 0 Å². The monoisotopic (exact) mass is 414 g/mol. The number of benzene rings is 2. The number of hydrogen-bond acceptors (Lipinski definition) is 2. The number of nitrogens with one attached hydrogen (secondary N) is 1. The average molecular weight is 415 g/mol. The van der Waals surface area contributed by atoms with Crippen molar-refractivity contribution in [2.45, 2.75) is 38.6 Å². The van der Waals surface area contributed by atoms with Gasteiger partial charge in [0.25, 0.3) is 0 Å². The van der Waals surface area contributed by atoms with Gasteiger partial charge in [0.1, 0.15) is 0 Å². The van der Waals surface area contributed by atoms with Crippen LogP contribution < -0.4 is 10.2 Å². The van der Waals surface area contributed by atoms with Crippen LogP contribution in [0.15, 0.2) is 53.0 Å². The van der Waals surface area contributed by atoms with Crippen molar-refractivity contribution in [2.75, 3.05) is 11.4 Å². The molecule has 1 N–H and O–H groups in total. The lowest BCUT2D eigenvalue weighted by Gasteiger charge is -2.18. The molecule has 1 saturated heterocycles. The van der Waals surface area contributed by atoms with Gasteiger partial charge in [-0.25, -0.2) is 0 Å². The van der Waals surface area contributed by atoms with Crippen LogP contribution in [-0.4, -0.2) is 18.4 Å². The SMILES string of the molecule is CC[C@@H](NC(=O)Cc1ccc(N2CCCC2=O)cc1)c1ccc(Br)cc1. The Morgan fingerprint density at radius 3 is 2.42 bits per heavy atom. The molecular weight excluding hydrogens is 392 g/mol. The van der Waals surface area contributed by atoms with E-state index in [1.165, 1.54) is 0 Å². The first kappa shape index (κ1) is 18.6. The zero-order valence-corrected chi connectivity index (χ0v) is 16.5. The summed E-state index contributed by atoms with van der Waals surface area (Å²) >= 11 is 3.43. The molecule has 0 saturated carbocycles. The molecule has 4 nitrogen and oxygen atoms in total. The van der Waals surface area contributed by atoms with Gasteiger partial charge in [-0.05, 0) is 48.2 Å². The largest absolute Gasteiger partial charge is 0.349 e. The van der Waals surface area contributed by atoms with Crippen LogP contribution in [0.4, 0.5) is 5.69 Å². The van der Waals surface area contributed by atoms with Crippen molar-refractivity contribution in [3.05, 3.63) is 64.1 Å². The van der Waals surface area contributed by atoms with E-state index in [0.717, 1.165) is 40.7 Å². The molecule has 0 radical (unpaired) electrons. The fourth-order valence-corrected chi connectivity index (χ4v) is 3.53. The maximum atomic E-state index is 12.4. The molecule has 136 valence electrons. The first-order valence-electron chi connectivity index (χ1n) is 9.01. The number of hydrogen-bond donors (Lipinski definition) is 1. The molecule has 0 unspecified atom stereocenters. The molecule has 1 fully saturated rings. The first-order valence-corrected chi connectivity index (χ1v) is 9.80. The van der Waals surface area contributed by atoms with Crippen molar-refractivity contribution in [2.24, 2.45) is 0 Å². The molecule has 1 atom stereocenters. The van der Waals surface area contributed by atoms with Crippen molar-refractivity contribution in [3.63, 3.8) is 0 Å². The second-order valence-corrected chi connectivity index (χ2v) is 7.49. The van der Waals surface area contributed by atoms with E-state index in [1.807, 2.05) is 53.4 Å². The van der Waals surface area contributed by atoms with Crippen molar-refractivity contribution in [3.8, 4) is 0 Å². The zero-order chi connectivity index (χ0) is 18.5. The Kier molecular flexibility index (Phi) is 6.09. The number of carbonyl (C=O) groups is 2. The molecule has 0 aliphatic carbocycles. The van der Waals surface area contributed by atoms with Crippen LogP contribution in [0.3, 0.4) is 0 Å². The Balaban J connectivity index is 1.60. The van der Waals surface area contributed by atoms with Crippen LogP contribution in [-0.2, 0) is 16.0 Å². The highest BCUT2D eigenvalue weighted by molar-refractivity contribution is 9.10. The van der Waals surface area contributed by atoms with Gasteiger partial charge < -0.3 is 10.2 Å². The topological polar surface area (TPSA) is 49.4 Å². The molecule has 0 spiro atoms. The standard InChI is InChI=1S/C21H23BrN2O2/c1-2-19(16-7-9-17(22)10-8-16)23-20(25)14-15-5-11-18(12-6-15)24-13-3-4-21(24)26/h5-12,19H,2-4,13-14H2,1H3,(H,23,25)/t19-/m1/s1. The van der Waals surface area contributed by atoms with E-state index in [-0.39, 0.29) is 17.9 Å². The van der Waals surface area contributed by atoms with Gasteiger partial charge in [-0.15, -0.1) is 0 Å². The third-order valence-electron chi connectivity index (χ3n) is 4.70. The highest BCUT2D eigenvalue weighted by Gasteiger charge is 2.21. The van der Waals surface area contributed by atoms with Crippen LogP contribution in [0.2, 0.25) is 0 Å². The molecule has 0 aromatic heterocycles. The number of anilines is 1. The average Bonchev–Trinajstić information content (AvgIpc) is 3.07. The number of amides is 2. The predicted octanol–water partition coefficient (Wildman–Crippen LogP) is 4.39. The van der Waals surface area contributed by atoms with Crippen LogP contribution in [0.1, 0.15) is 43.4 Å². The predicted molar refractivity (Wildman–Crippen MR) is 107 cm³/mol. The molecule has 3 rings (SSSR count). The summed E-state index contributed by atoms with van der Waals surface area (Å²) in [5, 5.41) is 3.11. The van der Waals surface area contributed by atoms with E-state index in [0.29, 0.717) is 12.8 Å². The van der Waals surface area contributed by atoms with E-state index >= 15 is 0 Å². The molecule has 1 aliphatic heterocycles. The summed E-state index contributed by atoms with van der Waals surface area (Å²) in [6, 6.07) is 15.8. The number of rotatable bonds is 6. The molecule has 26 heavy (non-hydrogen) atoms. The Bertz CT molecular complexity index is 772. The highest BCUT2D eigenvalue weighted by Crippen LogP contribution is 2.22. The maximum absolute atomic E-state index is 12.4. The third-order valence-corrected chi connectivity index (χ3v) is 5.23. The highest BCUT2D eigenvalue weighted by atomic mass is 79.9. The fourth-order valence-electron chi connectivity index (χ4n) is 3.26.